The van der Waals surface area contributed by atoms with Gasteiger partial charge in [-0.05, 0) is 73.8 Å². The predicted molar refractivity (Wildman–Crippen MR) is 122 cm³/mol. The lowest BCUT2D eigenvalue weighted by atomic mass is 9.54. The first-order valence-electron chi connectivity index (χ1n) is 12.8. The van der Waals surface area contributed by atoms with Gasteiger partial charge in [0.15, 0.2) is 0 Å². The molecule has 34 heavy (non-hydrogen) atoms. The van der Waals surface area contributed by atoms with Gasteiger partial charge >= 0.3 is 0 Å². The molecular weight excluding hydrogens is 430 g/mol. The lowest BCUT2D eigenvalue weighted by Crippen LogP contribution is -2.50. The Morgan fingerprint density at radius 2 is 1.82 bits per heavy atom. The van der Waals surface area contributed by atoms with Crippen LogP contribution in [0.2, 0.25) is 0 Å². The fourth-order valence-corrected chi connectivity index (χ4v) is 7.81. The molecule has 8 nitrogen and oxygen atoms in total. The first-order chi connectivity index (χ1) is 16.6. The third-order valence-corrected chi connectivity index (χ3v) is 9.03. The topological polar surface area (TPSA) is 89.3 Å². The summed E-state index contributed by atoms with van der Waals surface area (Å²) in [6.45, 7) is 1.74. The summed E-state index contributed by atoms with van der Waals surface area (Å²) in [5, 5.41) is 11.5. The summed E-state index contributed by atoms with van der Waals surface area (Å²) in [4.78, 5) is 26.0. The number of carbonyl (C=O) groups is 2. The van der Waals surface area contributed by atoms with E-state index in [9.17, 15) is 9.59 Å². The van der Waals surface area contributed by atoms with Crippen LogP contribution in [0.4, 0.5) is 0 Å². The number of hydrogen-bond donors (Lipinski definition) is 1. The van der Waals surface area contributed by atoms with E-state index in [-0.39, 0.29) is 17.9 Å². The number of nitrogens with zero attached hydrogens (tertiary/aromatic N) is 4. The molecule has 8 rings (SSSR count). The van der Waals surface area contributed by atoms with Gasteiger partial charge in [-0.3, -0.25) is 19.8 Å². The number of rotatable bonds is 5. The monoisotopic (exact) mass is 461 g/mol. The molecule has 4 bridgehead atoms. The van der Waals surface area contributed by atoms with Crippen LogP contribution in [0, 0.1) is 23.7 Å². The van der Waals surface area contributed by atoms with E-state index in [1.807, 2.05) is 12.1 Å². The van der Waals surface area contributed by atoms with Crippen LogP contribution in [0.1, 0.15) is 67.8 Å². The third kappa shape index (κ3) is 3.45. The van der Waals surface area contributed by atoms with E-state index in [2.05, 4.69) is 37.5 Å². The fraction of sp³-hybridized carbons (Fsp3) is 0.615. The summed E-state index contributed by atoms with van der Waals surface area (Å²) in [5.41, 5.74) is 3.17. The van der Waals surface area contributed by atoms with Crippen molar-refractivity contribution >= 4 is 11.8 Å². The Morgan fingerprint density at radius 1 is 1.03 bits per heavy atom. The molecule has 3 heterocycles. The van der Waals surface area contributed by atoms with Crippen molar-refractivity contribution in [1.29, 1.82) is 0 Å². The summed E-state index contributed by atoms with van der Waals surface area (Å²) in [6.07, 6.45) is 9.98. The van der Waals surface area contributed by atoms with Crippen molar-refractivity contribution in [3.63, 3.8) is 0 Å². The molecule has 4 saturated carbocycles. The fourth-order valence-electron chi connectivity index (χ4n) is 7.81. The molecule has 5 fully saturated rings. The summed E-state index contributed by atoms with van der Waals surface area (Å²) >= 11 is 0. The average Bonchev–Trinajstić information content (AvgIpc) is 3.44. The highest BCUT2D eigenvalue weighted by molar-refractivity contribution is 6.00. The van der Waals surface area contributed by atoms with Gasteiger partial charge in [-0.25, -0.2) is 4.68 Å². The van der Waals surface area contributed by atoms with Crippen molar-refractivity contribution in [1.82, 2.24) is 25.2 Å². The number of nitrogens with one attached hydrogen (secondary N) is 1. The van der Waals surface area contributed by atoms with Crippen molar-refractivity contribution in [2.45, 2.75) is 76.7 Å². The van der Waals surface area contributed by atoms with Gasteiger partial charge in [-0.2, -0.15) is 0 Å². The molecule has 2 aliphatic heterocycles. The van der Waals surface area contributed by atoms with Crippen LogP contribution in [-0.4, -0.2) is 37.7 Å². The van der Waals surface area contributed by atoms with Crippen molar-refractivity contribution in [2.75, 3.05) is 0 Å². The number of carbonyl (C=O) groups excluding carboxylic acids is 2. The molecule has 1 saturated heterocycles. The Balaban J connectivity index is 1.03. The van der Waals surface area contributed by atoms with E-state index in [1.54, 1.807) is 0 Å². The Bertz CT molecular complexity index is 1120. The van der Waals surface area contributed by atoms with Gasteiger partial charge in [-0.1, -0.05) is 17.3 Å². The number of benzene rings is 1. The van der Waals surface area contributed by atoms with E-state index >= 15 is 0 Å². The second-order valence-corrected chi connectivity index (χ2v) is 11.2. The minimum absolute atomic E-state index is 0.177. The molecule has 1 N–H and O–H groups in total. The van der Waals surface area contributed by atoms with Crippen LogP contribution in [-0.2, 0) is 29.3 Å². The number of amides is 2. The zero-order valence-electron chi connectivity index (χ0n) is 19.4. The van der Waals surface area contributed by atoms with Crippen LogP contribution >= 0.6 is 0 Å². The Hall–Kier alpha value is -2.74. The van der Waals surface area contributed by atoms with Crippen LogP contribution in [0.25, 0.3) is 0 Å². The molecular formula is C26H31N5O3. The minimum atomic E-state index is -0.265. The second kappa shape index (κ2) is 7.90. The lowest BCUT2D eigenvalue weighted by Gasteiger charge is -2.54. The van der Waals surface area contributed by atoms with Gasteiger partial charge in [0, 0.05) is 25.1 Å². The van der Waals surface area contributed by atoms with E-state index in [0.717, 1.165) is 40.7 Å². The quantitative estimate of drug-likeness (QED) is 0.689. The van der Waals surface area contributed by atoms with Crippen molar-refractivity contribution in [2.24, 2.45) is 23.7 Å². The number of fused-ring (bicyclic) bond motifs is 1. The molecule has 2 aromatic rings. The zero-order chi connectivity index (χ0) is 22.8. The Morgan fingerprint density at radius 3 is 2.59 bits per heavy atom. The number of imide groups is 1. The van der Waals surface area contributed by atoms with Gasteiger partial charge < -0.3 is 4.74 Å². The van der Waals surface area contributed by atoms with Crippen LogP contribution in [0.5, 0.6) is 5.75 Å². The van der Waals surface area contributed by atoms with E-state index in [4.69, 9.17) is 4.74 Å². The second-order valence-electron chi connectivity index (χ2n) is 11.2. The van der Waals surface area contributed by atoms with Crippen LogP contribution < -0.4 is 10.1 Å². The molecule has 1 atom stereocenters. The van der Waals surface area contributed by atoms with Gasteiger partial charge in [-0.15, -0.1) is 5.10 Å². The molecule has 1 unspecified atom stereocenters. The molecule has 8 heteroatoms. The maximum atomic E-state index is 12.3. The highest BCUT2D eigenvalue weighted by atomic mass is 16.5. The number of ether oxygens (including phenoxy) is 1. The Kier molecular flexibility index (Phi) is 4.79. The molecule has 0 radical (unpaired) electrons. The highest BCUT2D eigenvalue weighted by Gasteiger charge is 2.49. The maximum absolute atomic E-state index is 12.3. The number of aromatic nitrogens is 3. The van der Waals surface area contributed by atoms with Crippen molar-refractivity contribution in [3.05, 3.63) is 41.2 Å². The van der Waals surface area contributed by atoms with E-state index < -0.39 is 0 Å². The molecule has 1 aromatic heterocycles. The number of piperidine rings is 1. The van der Waals surface area contributed by atoms with Crippen LogP contribution in [0.3, 0.4) is 0 Å². The maximum Gasteiger partial charge on any atom is 0.243 e. The van der Waals surface area contributed by atoms with Crippen molar-refractivity contribution < 1.29 is 14.3 Å². The molecule has 4 aliphatic carbocycles. The van der Waals surface area contributed by atoms with E-state index in [0.29, 0.717) is 38.6 Å². The smallest absolute Gasteiger partial charge is 0.243 e. The van der Waals surface area contributed by atoms with Gasteiger partial charge in [0.25, 0.3) is 0 Å². The SMILES string of the molecule is O=C1CCC(N2Cc3cccc(OCc4cn(C5C6CC7CC(C6)CC5C7)nn4)c3C2)C(=O)N1. The first-order valence-corrected chi connectivity index (χ1v) is 12.8. The Labute approximate surface area is 199 Å². The van der Waals surface area contributed by atoms with Gasteiger partial charge in [0.1, 0.15) is 18.1 Å². The summed E-state index contributed by atoms with van der Waals surface area (Å²) in [5.74, 6) is 3.91. The molecule has 2 amide bonds. The molecule has 6 aliphatic rings. The van der Waals surface area contributed by atoms with Gasteiger partial charge in [0.05, 0.1) is 18.3 Å². The predicted octanol–water partition coefficient (Wildman–Crippen LogP) is 2.98. The van der Waals surface area contributed by atoms with Crippen molar-refractivity contribution in [3.8, 4) is 5.75 Å². The first kappa shape index (κ1) is 20.6. The standard InChI is InChI=1S/C26H31N5O3/c32-24-5-4-22(26(33)27-24)30-11-17-2-1-3-23(21(17)13-30)34-14-20-12-31(29-28-20)25-18-7-15-6-16(9-18)10-19(25)8-15/h1-3,12,15-16,18-19,22,25H,4-11,13-14H2,(H,27,32,33). The summed E-state index contributed by atoms with van der Waals surface area (Å²) in [6, 6.07) is 6.34. The molecule has 178 valence electrons. The summed E-state index contributed by atoms with van der Waals surface area (Å²) < 4.78 is 8.38. The summed E-state index contributed by atoms with van der Waals surface area (Å²) in [7, 11) is 0. The highest BCUT2D eigenvalue weighted by Crippen LogP contribution is 2.58. The average molecular weight is 462 g/mol. The molecule has 0 spiro atoms. The van der Waals surface area contributed by atoms with Crippen LogP contribution in [0.15, 0.2) is 24.4 Å². The minimum Gasteiger partial charge on any atom is -0.487 e. The molecule has 1 aromatic carbocycles. The van der Waals surface area contributed by atoms with Gasteiger partial charge in [0.2, 0.25) is 11.8 Å². The normalized spacial score (nSPS) is 34.4. The lowest BCUT2D eigenvalue weighted by molar-refractivity contribution is -0.137. The zero-order valence-corrected chi connectivity index (χ0v) is 19.4. The third-order valence-electron chi connectivity index (χ3n) is 9.03. The number of hydrogen-bond acceptors (Lipinski definition) is 6. The van der Waals surface area contributed by atoms with E-state index in [1.165, 1.54) is 37.7 Å². The largest absolute Gasteiger partial charge is 0.487 e.